The van der Waals surface area contributed by atoms with Gasteiger partial charge in [0.2, 0.25) is 5.91 Å². The van der Waals surface area contributed by atoms with Crippen LogP contribution in [0.1, 0.15) is 39.0 Å². The van der Waals surface area contributed by atoms with Crippen molar-refractivity contribution < 1.29 is 13.2 Å². The van der Waals surface area contributed by atoms with Crippen molar-refractivity contribution in [2.45, 2.75) is 51.1 Å². The van der Waals surface area contributed by atoms with E-state index < -0.39 is 9.84 Å². The Morgan fingerprint density at radius 3 is 2.47 bits per heavy atom. The molecule has 4 nitrogen and oxygen atoms in total. The number of hydrogen-bond donors (Lipinski definition) is 0. The number of hydrogen-bond acceptors (Lipinski definition) is 3. The van der Waals surface area contributed by atoms with E-state index in [1.54, 1.807) is 0 Å². The third kappa shape index (κ3) is 4.06. The maximum atomic E-state index is 12.6. The normalized spacial score (nSPS) is 25.1. The zero-order chi connectivity index (χ0) is 14.0. The molecule has 0 aliphatic heterocycles. The third-order valence-electron chi connectivity index (χ3n) is 3.83. The molecular formula is C14H23NO3S. The minimum Gasteiger partial charge on any atom is -0.336 e. The Labute approximate surface area is 115 Å². The van der Waals surface area contributed by atoms with E-state index in [-0.39, 0.29) is 29.7 Å². The largest absolute Gasteiger partial charge is 0.336 e. The second kappa shape index (κ2) is 5.65. The van der Waals surface area contributed by atoms with Gasteiger partial charge in [-0.15, -0.1) is 0 Å². The van der Waals surface area contributed by atoms with E-state index in [2.05, 4.69) is 12.2 Å². The summed E-state index contributed by atoms with van der Waals surface area (Å²) in [5.74, 6) is 0.272. The highest BCUT2D eigenvalue weighted by Gasteiger charge is 2.39. The predicted octanol–water partition coefficient (Wildman–Crippen LogP) is 1.77. The monoisotopic (exact) mass is 285 g/mol. The fourth-order valence-corrected chi connectivity index (χ4v) is 3.89. The lowest BCUT2D eigenvalue weighted by atomic mass is 9.92. The first-order valence-electron chi connectivity index (χ1n) is 7.03. The van der Waals surface area contributed by atoms with Crippen molar-refractivity contribution in [3.8, 4) is 0 Å². The van der Waals surface area contributed by atoms with Crippen LogP contribution in [-0.2, 0) is 14.6 Å². The lowest BCUT2D eigenvalue weighted by Gasteiger charge is -2.32. The number of nitrogens with zero attached hydrogens (tertiary/aromatic N) is 1. The van der Waals surface area contributed by atoms with Gasteiger partial charge < -0.3 is 4.90 Å². The minimum atomic E-state index is -3.05. The van der Waals surface area contributed by atoms with Crippen molar-refractivity contribution in [2.75, 3.05) is 12.0 Å². The number of amides is 1. The van der Waals surface area contributed by atoms with Gasteiger partial charge in [-0.1, -0.05) is 12.2 Å². The van der Waals surface area contributed by atoms with Gasteiger partial charge in [0.15, 0.2) is 0 Å². The molecule has 0 aromatic rings. The Kier molecular flexibility index (Phi) is 4.33. The second-order valence-corrected chi connectivity index (χ2v) is 8.08. The second-order valence-electron chi connectivity index (χ2n) is 5.90. The van der Waals surface area contributed by atoms with Gasteiger partial charge in [-0.05, 0) is 39.0 Å². The number of rotatable bonds is 5. The maximum absolute atomic E-state index is 12.6. The summed E-state index contributed by atoms with van der Waals surface area (Å²) >= 11 is 0. The minimum absolute atomic E-state index is 0.0487. The van der Waals surface area contributed by atoms with Crippen LogP contribution in [0.4, 0.5) is 0 Å². The standard InChI is InChI=1S/C14H23NO3S/c1-11(10-19(2,17)18)15(13-8-9-13)14(16)12-6-4-3-5-7-12/h3-4,11-13H,5-10H2,1-2H3/t11-,12-/m0/s1. The first-order valence-corrected chi connectivity index (χ1v) is 9.09. The summed E-state index contributed by atoms with van der Waals surface area (Å²) in [4.78, 5) is 14.5. The van der Waals surface area contributed by atoms with Gasteiger partial charge in [-0.3, -0.25) is 4.79 Å². The number of allylic oxidation sites excluding steroid dienone is 2. The molecule has 0 heterocycles. The summed E-state index contributed by atoms with van der Waals surface area (Å²) in [7, 11) is -3.05. The summed E-state index contributed by atoms with van der Waals surface area (Å²) in [5.41, 5.74) is 0. The van der Waals surface area contributed by atoms with Gasteiger partial charge in [-0.25, -0.2) is 8.42 Å². The maximum Gasteiger partial charge on any atom is 0.226 e. The van der Waals surface area contributed by atoms with Gasteiger partial charge in [0.1, 0.15) is 9.84 Å². The van der Waals surface area contributed by atoms with E-state index >= 15 is 0 Å². The van der Waals surface area contributed by atoms with Crippen molar-refractivity contribution in [3.63, 3.8) is 0 Å². The zero-order valence-corrected chi connectivity index (χ0v) is 12.5. The van der Waals surface area contributed by atoms with Gasteiger partial charge in [0.05, 0.1) is 5.75 Å². The van der Waals surface area contributed by atoms with Crippen LogP contribution >= 0.6 is 0 Å². The van der Waals surface area contributed by atoms with E-state index in [1.165, 1.54) is 6.26 Å². The molecule has 1 fully saturated rings. The summed E-state index contributed by atoms with van der Waals surface area (Å²) < 4.78 is 22.9. The molecule has 0 aromatic heterocycles. The zero-order valence-electron chi connectivity index (χ0n) is 11.7. The van der Waals surface area contributed by atoms with Gasteiger partial charge in [-0.2, -0.15) is 0 Å². The van der Waals surface area contributed by atoms with Crippen molar-refractivity contribution in [2.24, 2.45) is 5.92 Å². The van der Waals surface area contributed by atoms with E-state index in [1.807, 2.05) is 11.8 Å². The molecule has 0 bridgehead atoms. The molecule has 0 N–H and O–H groups in total. The van der Waals surface area contributed by atoms with Crippen LogP contribution in [0.15, 0.2) is 12.2 Å². The fourth-order valence-electron chi connectivity index (χ4n) is 2.86. The molecule has 0 saturated heterocycles. The molecule has 2 atom stereocenters. The van der Waals surface area contributed by atoms with Crippen LogP contribution in [0.25, 0.3) is 0 Å². The van der Waals surface area contributed by atoms with Crippen LogP contribution in [0.2, 0.25) is 0 Å². The SMILES string of the molecule is C[C@@H](CS(C)(=O)=O)N(C(=O)[C@H]1CC=CCC1)C1CC1. The van der Waals surface area contributed by atoms with E-state index in [9.17, 15) is 13.2 Å². The molecule has 1 amide bonds. The molecular weight excluding hydrogens is 262 g/mol. The molecule has 0 unspecified atom stereocenters. The van der Waals surface area contributed by atoms with Gasteiger partial charge in [0.25, 0.3) is 0 Å². The molecule has 0 aromatic carbocycles. The van der Waals surface area contributed by atoms with Crippen molar-refractivity contribution in [1.29, 1.82) is 0 Å². The van der Waals surface area contributed by atoms with E-state index in [0.717, 1.165) is 32.1 Å². The van der Waals surface area contributed by atoms with E-state index in [4.69, 9.17) is 0 Å². The fraction of sp³-hybridized carbons (Fsp3) is 0.786. The molecule has 5 heteroatoms. The summed E-state index contributed by atoms with van der Waals surface area (Å²) in [6.45, 7) is 1.86. The van der Waals surface area contributed by atoms with Crippen molar-refractivity contribution in [3.05, 3.63) is 12.2 Å². The highest BCUT2D eigenvalue weighted by molar-refractivity contribution is 7.90. The Morgan fingerprint density at radius 2 is 2.00 bits per heavy atom. The Morgan fingerprint density at radius 1 is 1.32 bits per heavy atom. The van der Waals surface area contributed by atoms with Crippen LogP contribution in [0, 0.1) is 5.92 Å². The molecule has 108 valence electrons. The molecule has 2 aliphatic rings. The lowest BCUT2D eigenvalue weighted by molar-refractivity contribution is -0.138. The van der Waals surface area contributed by atoms with Crippen LogP contribution < -0.4 is 0 Å². The first kappa shape index (κ1) is 14.6. The highest BCUT2D eigenvalue weighted by atomic mass is 32.2. The molecule has 0 radical (unpaired) electrons. The molecule has 2 rings (SSSR count). The molecule has 0 spiro atoms. The Balaban J connectivity index is 2.06. The van der Waals surface area contributed by atoms with Crippen LogP contribution in [-0.4, -0.2) is 43.3 Å². The van der Waals surface area contributed by atoms with E-state index in [0.29, 0.717) is 0 Å². The van der Waals surface area contributed by atoms with Crippen molar-refractivity contribution in [1.82, 2.24) is 4.90 Å². The summed E-state index contributed by atoms with van der Waals surface area (Å²) in [5, 5.41) is 0. The number of sulfone groups is 1. The molecule has 19 heavy (non-hydrogen) atoms. The average Bonchev–Trinajstić information content (AvgIpc) is 3.12. The van der Waals surface area contributed by atoms with Crippen LogP contribution in [0.5, 0.6) is 0 Å². The average molecular weight is 285 g/mol. The quantitative estimate of drug-likeness (QED) is 0.723. The Bertz CT molecular complexity index is 465. The predicted molar refractivity (Wildman–Crippen MR) is 75.5 cm³/mol. The molecule has 1 saturated carbocycles. The smallest absolute Gasteiger partial charge is 0.226 e. The van der Waals surface area contributed by atoms with Gasteiger partial charge in [0, 0.05) is 24.3 Å². The molecule has 2 aliphatic carbocycles. The third-order valence-corrected chi connectivity index (χ3v) is 4.92. The van der Waals surface area contributed by atoms with Gasteiger partial charge >= 0.3 is 0 Å². The number of carbonyl (C=O) groups excluding carboxylic acids is 1. The topological polar surface area (TPSA) is 54.5 Å². The van der Waals surface area contributed by atoms with Crippen LogP contribution in [0.3, 0.4) is 0 Å². The summed E-state index contributed by atoms with van der Waals surface area (Å²) in [6, 6.07) is 0.0658. The first-order chi connectivity index (χ1) is 8.88. The Hall–Kier alpha value is -0.840. The summed E-state index contributed by atoms with van der Waals surface area (Å²) in [6.07, 6.45) is 10.1. The highest BCUT2D eigenvalue weighted by Crippen LogP contribution is 2.32. The number of carbonyl (C=O) groups is 1. The van der Waals surface area contributed by atoms with Crippen molar-refractivity contribution >= 4 is 15.7 Å². The lowest BCUT2D eigenvalue weighted by Crippen LogP contribution is -2.46.